The highest BCUT2D eigenvalue weighted by Crippen LogP contribution is 2.33. The second kappa shape index (κ2) is 6.29. The van der Waals surface area contributed by atoms with Crippen LogP contribution in [0.4, 0.5) is 0 Å². The minimum absolute atomic E-state index is 0.234. The molecule has 104 valence electrons. The molecule has 4 heteroatoms. The third-order valence-corrected chi connectivity index (χ3v) is 5.19. The number of rotatable bonds is 6. The van der Waals surface area contributed by atoms with E-state index < -0.39 is 0 Å². The largest absolute Gasteiger partial charge is 0.353 e. The highest BCUT2D eigenvalue weighted by atomic mass is 32.2. The molecule has 3 nitrogen and oxygen atoms in total. The van der Waals surface area contributed by atoms with Gasteiger partial charge in [-0.1, -0.05) is 13.8 Å². The number of hydrogen-bond donors (Lipinski definition) is 2. The maximum atomic E-state index is 11.5. The summed E-state index contributed by atoms with van der Waals surface area (Å²) in [7, 11) is 0. The molecule has 0 bridgehead atoms. The zero-order valence-electron chi connectivity index (χ0n) is 11.6. The predicted octanol–water partition coefficient (Wildman–Crippen LogP) is 2.17. The Labute approximate surface area is 115 Å². The molecule has 1 atom stereocenters. The van der Waals surface area contributed by atoms with E-state index in [0.717, 1.165) is 13.0 Å². The molecule has 1 aliphatic heterocycles. The van der Waals surface area contributed by atoms with Crippen molar-refractivity contribution >= 4 is 17.7 Å². The molecule has 0 spiro atoms. The van der Waals surface area contributed by atoms with Crippen LogP contribution in [0.5, 0.6) is 0 Å². The lowest BCUT2D eigenvalue weighted by Crippen LogP contribution is -2.41. The third-order valence-electron chi connectivity index (χ3n) is 3.57. The standard InChI is InChI=1S/C14H26N2OS/c1-14(2)8-12(9-18-10-14)15-7-3-4-13(17)16-11-5-6-11/h11-12,15H,3-10H2,1-2H3,(H,16,17). The summed E-state index contributed by atoms with van der Waals surface area (Å²) in [5, 5.41) is 6.64. The molecule has 1 unspecified atom stereocenters. The first-order valence-electron chi connectivity index (χ1n) is 7.16. The smallest absolute Gasteiger partial charge is 0.220 e. The summed E-state index contributed by atoms with van der Waals surface area (Å²) in [6, 6.07) is 1.13. The van der Waals surface area contributed by atoms with Crippen LogP contribution in [0.25, 0.3) is 0 Å². The molecule has 1 amide bonds. The molecule has 0 aromatic rings. The second-order valence-electron chi connectivity index (χ2n) is 6.48. The number of hydrogen-bond acceptors (Lipinski definition) is 3. The monoisotopic (exact) mass is 270 g/mol. The highest BCUT2D eigenvalue weighted by molar-refractivity contribution is 7.99. The van der Waals surface area contributed by atoms with E-state index in [1.807, 2.05) is 11.8 Å². The van der Waals surface area contributed by atoms with Crippen molar-refractivity contribution in [1.29, 1.82) is 0 Å². The zero-order valence-corrected chi connectivity index (χ0v) is 12.4. The van der Waals surface area contributed by atoms with Gasteiger partial charge in [0.1, 0.15) is 0 Å². The first-order valence-corrected chi connectivity index (χ1v) is 8.31. The van der Waals surface area contributed by atoms with Crippen LogP contribution in [-0.2, 0) is 4.79 Å². The topological polar surface area (TPSA) is 41.1 Å². The Balaban J connectivity index is 1.53. The molecule has 2 aliphatic rings. The van der Waals surface area contributed by atoms with Crippen LogP contribution in [0.1, 0.15) is 46.0 Å². The van der Waals surface area contributed by atoms with E-state index in [-0.39, 0.29) is 5.91 Å². The Morgan fingerprint density at radius 1 is 1.33 bits per heavy atom. The maximum Gasteiger partial charge on any atom is 0.220 e. The lowest BCUT2D eigenvalue weighted by molar-refractivity contribution is -0.121. The van der Waals surface area contributed by atoms with Gasteiger partial charge < -0.3 is 10.6 Å². The Bertz CT molecular complexity index is 290. The molecular weight excluding hydrogens is 244 g/mol. The average Bonchev–Trinajstić information content (AvgIpc) is 3.07. The van der Waals surface area contributed by atoms with Gasteiger partial charge in [-0.2, -0.15) is 11.8 Å². The zero-order chi connectivity index (χ0) is 13.0. The normalized spacial score (nSPS) is 26.9. The van der Waals surface area contributed by atoms with Gasteiger partial charge in [-0.3, -0.25) is 4.79 Å². The Morgan fingerprint density at radius 2 is 2.11 bits per heavy atom. The molecule has 1 saturated carbocycles. The fraction of sp³-hybridized carbons (Fsp3) is 0.929. The van der Waals surface area contributed by atoms with Crippen LogP contribution in [0, 0.1) is 5.41 Å². The van der Waals surface area contributed by atoms with Gasteiger partial charge in [0.25, 0.3) is 0 Å². The lowest BCUT2D eigenvalue weighted by Gasteiger charge is -2.35. The maximum absolute atomic E-state index is 11.5. The molecule has 0 aromatic carbocycles. The molecule has 1 heterocycles. The van der Waals surface area contributed by atoms with Gasteiger partial charge in [-0.15, -0.1) is 0 Å². The number of amides is 1. The van der Waals surface area contributed by atoms with Crippen LogP contribution in [0.3, 0.4) is 0 Å². The van der Waals surface area contributed by atoms with Crippen molar-refractivity contribution in [2.24, 2.45) is 5.41 Å². The van der Waals surface area contributed by atoms with E-state index in [0.29, 0.717) is 23.9 Å². The predicted molar refractivity (Wildman–Crippen MR) is 77.9 cm³/mol. The van der Waals surface area contributed by atoms with Gasteiger partial charge in [-0.25, -0.2) is 0 Å². The molecule has 0 radical (unpaired) electrons. The fourth-order valence-corrected chi connectivity index (χ4v) is 3.78. The van der Waals surface area contributed by atoms with Crippen molar-refractivity contribution in [1.82, 2.24) is 10.6 Å². The van der Waals surface area contributed by atoms with E-state index in [4.69, 9.17) is 0 Å². The van der Waals surface area contributed by atoms with Gasteiger partial charge in [0.05, 0.1) is 0 Å². The summed E-state index contributed by atoms with van der Waals surface area (Å²) in [5.74, 6) is 2.73. The molecule has 2 rings (SSSR count). The molecule has 1 saturated heterocycles. The van der Waals surface area contributed by atoms with Gasteiger partial charge >= 0.3 is 0 Å². The summed E-state index contributed by atoms with van der Waals surface area (Å²) in [4.78, 5) is 11.5. The lowest BCUT2D eigenvalue weighted by atomic mass is 9.88. The highest BCUT2D eigenvalue weighted by Gasteiger charge is 2.28. The van der Waals surface area contributed by atoms with Crippen LogP contribution in [-0.4, -0.2) is 36.0 Å². The average molecular weight is 270 g/mol. The second-order valence-corrected chi connectivity index (χ2v) is 7.51. The fourth-order valence-electron chi connectivity index (χ4n) is 2.48. The van der Waals surface area contributed by atoms with Gasteiger partial charge in [0.2, 0.25) is 5.91 Å². The van der Waals surface area contributed by atoms with Crippen molar-refractivity contribution in [3.05, 3.63) is 0 Å². The molecule has 0 aromatic heterocycles. The Hall–Kier alpha value is -0.220. The van der Waals surface area contributed by atoms with Crippen molar-refractivity contribution in [2.45, 2.75) is 58.0 Å². The number of thioether (sulfide) groups is 1. The van der Waals surface area contributed by atoms with E-state index >= 15 is 0 Å². The summed E-state index contributed by atoms with van der Waals surface area (Å²) < 4.78 is 0. The SMILES string of the molecule is CC1(C)CSCC(NCCCC(=O)NC2CC2)C1. The quantitative estimate of drug-likeness (QED) is 0.727. The summed E-state index contributed by atoms with van der Waals surface area (Å²) in [5.41, 5.74) is 0.462. The minimum Gasteiger partial charge on any atom is -0.353 e. The molecule has 1 aliphatic carbocycles. The van der Waals surface area contributed by atoms with Crippen LogP contribution in [0.15, 0.2) is 0 Å². The van der Waals surface area contributed by atoms with E-state index in [9.17, 15) is 4.79 Å². The van der Waals surface area contributed by atoms with Crippen LogP contribution < -0.4 is 10.6 Å². The van der Waals surface area contributed by atoms with Crippen LogP contribution >= 0.6 is 11.8 Å². The Morgan fingerprint density at radius 3 is 2.78 bits per heavy atom. The van der Waals surface area contributed by atoms with Crippen molar-refractivity contribution in [2.75, 3.05) is 18.1 Å². The number of carbonyl (C=O) groups excluding carboxylic acids is 1. The van der Waals surface area contributed by atoms with Gasteiger partial charge in [0.15, 0.2) is 0 Å². The third kappa shape index (κ3) is 5.19. The first kappa shape index (κ1) is 14.2. The molecule has 2 fully saturated rings. The first-order chi connectivity index (χ1) is 8.55. The van der Waals surface area contributed by atoms with E-state index in [2.05, 4.69) is 24.5 Å². The molecule has 18 heavy (non-hydrogen) atoms. The summed E-state index contributed by atoms with van der Waals surface area (Å²) >= 11 is 2.05. The van der Waals surface area contributed by atoms with Gasteiger partial charge in [0, 0.05) is 24.3 Å². The summed E-state index contributed by atoms with van der Waals surface area (Å²) in [6.07, 6.45) is 5.25. The minimum atomic E-state index is 0.234. The van der Waals surface area contributed by atoms with E-state index in [1.54, 1.807) is 0 Å². The van der Waals surface area contributed by atoms with Gasteiger partial charge in [-0.05, 0) is 43.4 Å². The number of carbonyl (C=O) groups is 1. The van der Waals surface area contributed by atoms with Crippen molar-refractivity contribution in [3.8, 4) is 0 Å². The van der Waals surface area contributed by atoms with E-state index in [1.165, 1.54) is 30.8 Å². The van der Waals surface area contributed by atoms with Crippen LogP contribution in [0.2, 0.25) is 0 Å². The molecular formula is C14H26N2OS. The molecule has 2 N–H and O–H groups in total. The summed E-state index contributed by atoms with van der Waals surface area (Å²) in [6.45, 7) is 5.66. The number of nitrogens with one attached hydrogen (secondary N) is 2. The Kier molecular flexibility index (Phi) is 4.96. The van der Waals surface area contributed by atoms with Crippen molar-refractivity contribution in [3.63, 3.8) is 0 Å². The van der Waals surface area contributed by atoms with Crippen molar-refractivity contribution < 1.29 is 4.79 Å².